The Morgan fingerprint density at radius 1 is 1.00 bits per heavy atom. The van der Waals surface area contributed by atoms with Crippen molar-refractivity contribution >= 4 is 23.0 Å². The quantitative estimate of drug-likeness (QED) is 0.790. The van der Waals surface area contributed by atoms with Crippen molar-refractivity contribution in [2.24, 2.45) is 0 Å². The number of anilines is 2. The van der Waals surface area contributed by atoms with Gasteiger partial charge in [0.1, 0.15) is 10.7 Å². The fourth-order valence-corrected chi connectivity index (χ4v) is 2.66. The van der Waals surface area contributed by atoms with E-state index in [1.165, 1.54) is 4.88 Å². The second-order valence-electron chi connectivity index (χ2n) is 4.42. The van der Waals surface area contributed by atoms with Crippen LogP contribution < -0.4 is 5.32 Å². The van der Waals surface area contributed by atoms with E-state index in [1.54, 1.807) is 17.5 Å². The number of hydrogen-bond acceptors (Lipinski definition) is 5. The van der Waals surface area contributed by atoms with E-state index < -0.39 is 0 Å². The fourth-order valence-electron chi connectivity index (χ4n) is 1.77. The largest absolute Gasteiger partial charge is 0.324 e. The number of rotatable bonds is 3. The lowest BCUT2D eigenvalue weighted by molar-refractivity contribution is 1.15. The van der Waals surface area contributed by atoms with E-state index in [4.69, 9.17) is 0 Å². The van der Waals surface area contributed by atoms with Gasteiger partial charge in [0.2, 0.25) is 5.95 Å². The average molecular weight is 282 g/mol. The molecule has 0 saturated carbocycles. The Balaban J connectivity index is 1.90. The summed E-state index contributed by atoms with van der Waals surface area (Å²) >= 11 is 1.65. The van der Waals surface area contributed by atoms with Crippen molar-refractivity contribution in [1.82, 2.24) is 15.0 Å². The highest BCUT2D eigenvalue weighted by Crippen LogP contribution is 2.26. The third-order valence-corrected chi connectivity index (χ3v) is 4.03. The maximum absolute atomic E-state index is 4.53. The molecule has 2 heterocycles. The van der Waals surface area contributed by atoms with Gasteiger partial charge in [0.15, 0.2) is 0 Å². The van der Waals surface area contributed by atoms with Gasteiger partial charge < -0.3 is 5.32 Å². The first-order valence-electron chi connectivity index (χ1n) is 6.32. The summed E-state index contributed by atoms with van der Waals surface area (Å²) in [6.45, 7) is 4.08. The molecule has 3 aromatic rings. The maximum atomic E-state index is 4.53. The molecular weight excluding hydrogens is 268 g/mol. The average Bonchev–Trinajstić information content (AvgIpc) is 2.80. The standard InChI is InChI=1S/C15H14N4S/c1-10-11(2)20-14(17-10)13-8-9-16-15(19-13)18-12-6-4-3-5-7-12/h3-9H,1-2H3,(H,16,18,19). The second kappa shape index (κ2) is 5.38. The summed E-state index contributed by atoms with van der Waals surface area (Å²) in [7, 11) is 0. The highest BCUT2D eigenvalue weighted by atomic mass is 32.1. The van der Waals surface area contributed by atoms with Crippen molar-refractivity contribution in [3.8, 4) is 10.7 Å². The van der Waals surface area contributed by atoms with E-state index in [1.807, 2.05) is 43.3 Å². The minimum atomic E-state index is 0.583. The summed E-state index contributed by atoms with van der Waals surface area (Å²) in [6.07, 6.45) is 1.75. The Morgan fingerprint density at radius 2 is 1.80 bits per heavy atom. The first-order chi connectivity index (χ1) is 9.72. The van der Waals surface area contributed by atoms with Gasteiger partial charge in [-0.3, -0.25) is 0 Å². The summed E-state index contributed by atoms with van der Waals surface area (Å²) in [5, 5.41) is 4.12. The monoisotopic (exact) mass is 282 g/mol. The van der Waals surface area contributed by atoms with E-state index in [2.05, 4.69) is 27.2 Å². The number of hydrogen-bond donors (Lipinski definition) is 1. The first kappa shape index (κ1) is 12.7. The molecule has 0 unspecified atom stereocenters. The zero-order valence-electron chi connectivity index (χ0n) is 11.3. The summed E-state index contributed by atoms with van der Waals surface area (Å²) in [6, 6.07) is 11.8. The number of nitrogens with one attached hydrogen (secondary N) is 1. The highest BCUT2D eigenvalue weighted by Gasteiger charge is 2.08. The molecule has 0 saturated heterocycles. The number of para-hydroxylation sites is 1. The fraction of sp³-hybridized carbons (Fsp3) is 0.133. The molecule has 0 spiro atoms. The van der Waals surface area contributed by atoms with Gasteiger partial charge in [0.25, 0.3) is 0 Å². The zero-order chi connectivity index (χ0) is 13.9. The Hall–Kier alpha value is -2.27. The van der Waals surface area contributed by atoms with E-state index in [0.717, 1.165) is 22.1 Å². The molecule has 0 aliphatic heterocycles. The third-order valence-electron chi connectivity index (χ3n) is 2.93. The van der Waals surface area contributed by atoms with Crippen LogP contribution in [0.1, 0.15) is 10.6 Å². The number of nitrogens with zero attached hydrogens (tertiary/aromatic N) is 3. The Bertz CT molecular complexity index is 702. The Kier molecular flexibility index (Phi) is 3.43. The highest BCUT2D eigenvalue weighted by molar-refractivity contribution is 7.15. The lowest BCUT2D eigenvalue weighted by Crippen LogP contribution is -1.97. The molecule has 20 heavy (non-hydrogen) atoms. The molecule has 0 radical (unpaired) electrons. The summed E-state index contributed by atoms with van der Waals surface area (Å²) in [5.74, 6) is 0.583. The smallest absolute Gasteiger partial charge is 0.227 e. The number of benzene rings is 1. The van der Waals surface area contributed by atoms with Crippen LogP contribution in [0.5, 0.6) is 0 Å². The van der Waals surface area contributed by atoms with Gasteiger partial charge in [-0.25, -0.2) is 15.0 Å². The molecule has 0 bridgehead atoms. The van der Waals surface area contributed by atoms with Gasteiger partial charge in [-0.05, 0) is 32.0 Å². The zero-order valence-corrected chi connectivity index (χ0v) is 12.1. The van der Waals surface area contributed by atoms with Crippen molar-refractivity contribution in [1.29, 1.82) is 0 Å². The predicted molar refractivity (Wildman–Crippen MR) is 82.3 cm³/mol. The van der Waals surface area contributed by atoms with Crippen molar-refractivity contribution < 1.29 is 0 Å². The lowest BCUT2D eigenvalue weighted by Gasteiger charge is -2.04. The van der Waals surface area contributed by atoms with Crippen molar-refractivity contribution in [2.75, 3.05) is 5.32 Å². The summed E-state index contributed by atoms with van der Waals surface area (Å²) in [4.78, 5) is 14.5. The normalized spacial score (nSPS) is 10.5. The molecule has 5 heteroatoms. The van der Waals surface area contributed by atoms with Gasteiger partial charge in [0.05, 0.1) is 5.69 Å². The summed E-state index contributed by atoms with van der Waals surface area (Å²) in [5.41, 5.74) is 2.87. The first-order valence-corrected chi connectivity index (χ1v) is 7.13. The van der Waals surface area contributed by atoms with Crippen LogP contribution in [0.25, 0.3) is 10.7 Å². The molecule has 0 amide bonds. The van der Waals surface area contributed by atoms with Gasteiger partial charge in [-0.1, -0.05) is 18.2 Å². The van der Waals surface area contributed by atoms with Crippen LogP contribution in [0.2, 0.25) is 0 Å². The maximum Gasteiger partial charge on any atom is 0.227 e. The van der Waals surface area contributed by atoms with Crippen molar-refractivity contribution in [2.45, 2.75) is 13.8 Å². The second-order valence-corrected chi connectivity index (χ2v) is 5.62. The molecule has 1 N–H and O–H groups in total. The minimum Gasteiger partial charge on any atom is -0.324 e. The predicted octanol–water partition coefficient (Wildman–Crippen LogP) is 3.96. The Morgan fingerprint density at radius 3 is 2.50 bits per heavy atom. The molecule has 0 aliphatic rings. The molecule has 0 aliphatic carbocycles. The van der Waals surface area contributed by atoms with Gasteiger partial charge in [-0.2, -0.15) is 0 Å². The van der Waals surface area contributed by atoms with Crippen LogP contribution in [0.3, 0.4) is 0 Å². The Labute approximate surface area is 121 Å². The van der Waals surface area contributed by atoms with E-state index in [0.29, 0.717) is 5.95 Å². The lowest BCUT2D eigenvalue weighted by atomic mass is 10.3. The van der Waals surface area contributed by atoms with Crippen LogP contribution in [0, 0.1) is 13.8 Å². The van der Waals surface area contributed by atoms with Gasteiger partial charge in [-0.15, -0.1) is 11.3 Å². The van der Waals surface area contributed by atoms with Crippen LogP contribution in [0.15, 0.2) is 42.6 Å². The van der Waals surface area contributed by atoms with E-state index in [9.17, 15) is 0 Å². The number of aryl methyl sites for hydroxylation is 2. The third kappa shape index (κ3) is 2.67. The SMILES string of the molecule is Cc1nc(-c2ccnc(Nc3ccccc3)n2)sc1C. The molecule has 0 atom stereocenters. The van der Waals surface area contributed by atoms with E-state index in [-0.39, 0.29) is 0 Å². The molecular formula is C15H14N4S. The molecule has 100 valence electrons. The van der Waals surface area contributed by atoms with E-state index >= 15 is 0 Å². The minimum absolute atomic E-state index is 0.583. The number of aromatic nitrogens is 3. The topological polar surface area (TPSA) is 50.7 Å². The van der Waals surface area contributed by atoms with Crippen LogP contribution in [-0.2, 0) is 0 Å². The van der Waals surface area contributed by atoms with Crippen molar-refractivity contribution in [3.63, 3.8) is 0 Å². The van der Waals surface area contributed by atoms with Crippen LogP contribution in [-0.4, -0.2) is 15.0 Å². The molecule has 4 nitrogen and oxygen atoms in total. The summed E-state index contributed by atoms with van der Waals surface area (Å²) < 4.78 is 0. The molecule has 2 aromatic heterocycles. The molecule has 3 rings (SSSR count). The molecule has 1 aromatic carbocycles. The van der Waals surface area contributed by atoms with Gasteiger partial charge >= 0.3 is 0 Å². The number of thiazole rings is 1. The van der Waals surface area contributed by atoms with Crippen LogP contribution >= 0.6 is 11.3 Å². The van der Waals surface area contributed by atoms with Crippen LogP contribution in [0.4, 0.5) is 11.6 Å². The molecule has 0 fully saturated rings. The van der Waals surface area contributed by atoms with Crippen molar-refractivity contribution in [3.05, 3.63) is 53.2 Å². The van der Waals surface area contributed by atoms with Gasteiger partial charge in [0, 0.05) is 16.8 Å².